The van der Waals surface area contributed by atoms with Crippen LogP contribution in [0.5, 0.6) is 11.5 Å². The molecule has 2 N–H and O–H groups in total. The minimum absolute atomic E-state index is 0.0277. The summed E-state index contributed by atoms with van der Waals surface area (Å²) in [5, 5.41) is 22.4. The van der Waals surface area contributed by atoms with Crippen LogP contribution in [0.15, 0.2) is 80.9 Å². The summed E-state index contributed by atoms with van der Waals surface area (Å²) in [7, 11) is 0. The Morgan fingerprint density at radius 2 is 1.89 bits per heavy atom. The maximum Gasteiger partial charge on any atom is 0.294 e. The van der Waals surface area contributed by atoms with E-state index >= 15 is 0 Å². The van der Waals surface area contributed by atoms with Crippen molar-refractivity contribution in [1.29, 1.82) is 0 Å². The average molecular weight is 583 g/mol. The first-order valence-electron chi connectivity index (χ1n) is 11.4. The molecule has 0 fully saturated rings. The Hall–Kier alpha value is -3.75. The molecule has 37 heavy (non-hydrogen) atoms. The lowest BCUT2D eigenvalue weighted by Crippen LogP contribution is -2.31. The number of phenolic OH excluding ortho intramolecular Hbond substituents is 1. The number of benzene rings is 3. The first kappa shape index (κ1) is 24.9. The third kappa shape index (κ3) is 4.36. The fourth-order valence-corrected chi connectivity index (χ4v) is 4.93. The summed E-state index contributed by atoms with van der Waals surface area (Å²) in [6.07, 6.45) is 0. The molecule has 1 unspecified atom stereocenters. The molecular weight excluding hydrogens is 562 g/mol. The lowest BCUT2D eigenvalue weighted by Gasteiger charge is -2.27. The highest BCUT2D eigenvalue weighted by molar-refractivity contribution is 9.10. The van der Waals surface area contributed by atoms with E-state index in [1.807, 2.05) is 6.92 Å². The number of ether oxygens (including phenoxy) is 1. The monoisotopic (exact) mass is 581 g/mol. The summed E-state index contributed by atoms with van der Waals surface area (Å²) >= 11 is 9.76. The number of halogens is 2. The van der Waals surface area contributed by atoms with Gasteiger partial charge in [-0.05, 0) is 73.5 Å². The molecule has 1 atom stereocenters. The summed E-state index contributed by atoms with van der Waals surface area (Å²) in [5.41, 5.74) is 1.96. The van der Waals surface area contributed by atoms with Gasteiger partial charge in [-0.15, -0.1) is 0 Å². The van der Waals surface area contributed by atoms with Gasteiger partial charge in [-0.25, -0.2) is 0 Å². The standard InChI is InChI=1S/C28H21BrClNO6/c1-3-36-22-11-15(5-8-20(22)32)25-24(26(33)23-12-16-10-17(29)6-9-21(16)37-23)27(34)28(35)31(25)18-7-4-14(2)19(30)13-18/h4-13,25,32,34H,3H2,1-2H3. The Labute approximate surface area is 225 Å². The van der Waals surface area contributed by atoms with Gasteiger partial charge in [-0.2, -0.15) is 0 Å². The van der Waals surface area contributed by atoms with Crippen molar-refractivity contribution in [3.8, 4) is 11.5 Å². The molecule has 0 bridgehead atoms. The molecule has 9 heteroatoms. The second-order valence-corrected chi connectivity index (χ2v) is 9.88. The third-order valence-electron chi connectivity index (χ3n) is 6.19. The zero-order valence-corrected chi connectivity index (χ0v) is 22.1. The Bertz CT molecular complexity index is 1610. The Balaban J connectivity index is 1.68. The quantitative estimate of drug-likeness (QED) is 0.237. The van der Waals surface area contributed by atoms with E-state index in [0.717, 1.165) is 10.0 Å². The lowest BCUT2D eigenvalue weighted by atomic mass is 9.94. The number of aliphatic hydroxyl groups is 1. The number of aromatic hydroxyl groups is 1. The zero-order valence-electron chi connectivity index (χ0n) is 19.8. The number of fused-ring (bicyclic) bond motifs is 1. The van der Waals surface area contributed by atoms with Gasteiger partial charge in [0.1, 0.15) is 5.58 Å². The van der Waals surface area contributed by atoms with Crippen LogP contribution in [0.4, 0.5) is 5.69 Å². The number of anilines is 1. The molecular formula is C28H21BrClNO6. The number of amides is 1. The molecule has 1 amide bonds. The van der Waals surface area contributed by atoms with Crippen LogP contribution in [-0.2, 0) is 4.79 Å². The van der Waals surface area contributed by atoms with Gasteiger partial charge in [0.15, 0.2) is 23.0 Å². The number of aliphatic hydroxyl groups excluding tert-OH is 1. The van der Waals surface area contributed by atoms with Crippen LogP contribution in [0.25, 0.3) is 11.0 Å². The van der Waals surface area contributed by atoms with Gasteiger partial charge in [0.2, 0.25) is 5.78 Å². The van der Waals surface area contributed by atoms with Crippen LogP contribution >= 0.6 is 27.5 Å². The van der Waals surface area contributed by atoms with Gasteiger partial charge in [0, 0.05) is 20.6 Å². The highest BCUT2D eigenvalue weighted by Gasteiger charge is 2.45. The fraction of sp³-hybridized carbons (Fsp3) is 0.143. The number of hydrogen-bond donors (Lipinski definition) is 2. The molecule has 0 spiro atoms. The minimum atomic E-state index is -1.04. The predicted octanol–water partition coefficient (Wildman–Crippen LogP) is 7.04. The van der Waals surface area contributed by atoms with Crippen LogP contribution in [0.3, 0.4) is 0 Å². The summed E-state index contributed by atoms with van der Waals surface area (Å²) in [6, 6.07) is 15.4. The highest BCUT2D eigenvalue weighted by Crippen LogP contribution is 2.44. The highest BCUT2D eigenvalue weighted by atomic mass is 79.9. The SMILES string of the molecule is CCOc1cc(C2C(C(=O)c3cc4cc(Br)ccc4o3)=C(O)C(=O)N2c2ccc(C)c(Cl)c2)ccc1O. The number of carbonyl (C=O) groups excluding carboxylic acids is 2. The van der Waals surface area contributed by atoms with Gasteiger partial charge in [-0.1, -0.05) is 39.7 Å². The van der Waals surface area contributed by atoms with E-state index in [1.54, 1.807) is 61.5 Å². The molecule has 2 heterocycles. The number of phenols is 1. The molecule has 0 saturated heterocycles. The zero-order chi connectivity index (χ0) is 26.4. The largest absolute Gasteiger partial charge is 0.504 e. The predicted molar refractivity (Wildman–Crippen MR) is 144 cm³/mol. The number of aryl methyl sites for hydroxylation is 1. The minimum Gasteiger partial charge on any atom is -0.504 e. The van der Waals surface area contributed by atoms with Crippen molar-refractivity contribution in [2.45, 2.75) is 19.9 Å². The van der Waals surface area contributed by atoms with E-state index in [9.17, 15) is 19.8 Å². The van der Waals surface area contributed by atoms with Crippen molar-refractivity contribution in [3.63, 3.8) is 0 Å². The van der Waals surface area contributed by atoms with Gasteiger partial charge in [0.05, 0.1) is 18.2 Å². The number of ketones is 1. The van der Waals surface area contributed by atoms with E-state index in [1.165, 1.54) is 11.0 Å². The Kier molecular flexibility index (Phi) is 6.47. The van der Waals surface area contributed by atoms with E-state index in [-0.39, 0.29) is 22.8 Å². The molecule has 1 aliphatic rings. The molecule has 1 aromatic heterocycles. The molecule has 7 nitrogen and oxygen atoms in total. The first-order valence-corrected chi connectivity index (χ1v) is 12.6. The number of carbonyl (C=O) groups is 2. The van der Waals surface area contributed by atoms with Gasteiger partial charge in [0.25, 0.3) is 5.91 Å². The molecule has 1 aliphatic heterocycles. The van der Waals surface area contributed by atoms with Crippen LogP contribution in [0.1, 0.15) is 34.6 Å². The van der Waals surface area contributed by atoms with E-state index in [0.29, 0.717) is 33.8 Å². The first-order chi connectivity index (χ1) is 17.7. The summed E-state index contributed by atoms with van der Waals surface area (Å²) < 4.78 is 12.1. The maximum absolute atomic E-state index is 13.8. The van der Waals surface area contributed by atoms with Gasteiger partial charge in [-0.3, -0.25) is 14.5 Å². The number of rotatable bonds is 6. The second-order valence-electron chi connectivity index (χ2n) is 8.56. The van der Waals surface area contributed by atoms with Gasteiger partial charge >= 0.3 is 0 Å². The normalized spacial score (nSPS) is 15.6. The van der Waals surface area contributed by atoms with Crippen LogP contribution in [0.2, 0.25) is 5.02 Å². The maximum atomic E-state index is 13.8. The number of furan rings is 1. The van der Waals surface area contributed by atoms with Crippen LogP contribution < -0.4 is 9.64 Å². The van der Waals surface area contributed by atoms with Crippen molar-refractivity contribution >= 4 is 55.9 Å². The molecule has 3 aromatic carbocycles. The van der Waals surface area contributed by atoms with E-state index < -0.39 is 23.5 Å². The van der Waals surface area contributed by atoms with Crippen molar-refractivity contribution in [3.05, 3.63) is 98.4 Å². The molecule has 0 radical (unpaired) electrons. The average Bonchev–Trinajstić information content (AvgIpc) is 3.40. The lowest BCUT2D eigenvalue weighted by molar-refractivity contribution is -0.117. The third-order valence-corrected chi connectivity index (χ3v) is 7.09. The fourth-order valence-electron chi connectivity index (χ4n) is 4.38. The summed E-state index contributed by atoms with van der Waals surface area (Å²) in [5.74, 6) is -2.04. The molecule has 4 aromatic rings. The number of nitrogens with zero attached hydrogens (tertiary/aromatic N) is 1. The van der Waals surface area contributed by atoms with E-state index in [4.69, 9.17) is 20.8 Å². The Morgan fingerprint density at radius 3 is 2.62 bits per heavy atom. The van der Waals surface area contributed by atoms with Crippen molar-refractivity contribution in [2.24, 2.45) is 0 Å². The molecule has 188 valence electrons. The van der Waals surface area contributed by atoms with Gasteiger partial charge < -0.3 is 19.4 Å². The summed E-state index contributed by atoms with van der Waals surface area (Å²) in [4.78, 5) is 28.5. The second kappa shape index (κ2) is 9.61. The van der Waals surface area contributed by atoms with E-state index in [2.05, 4.69) is 15.9 Å². The van der Waals surface area contributed by atoms with Crippen molar-refractivity contribution in [1.82, 2.24) is 0 Å². The van der Waals surface area contributed by atoms with Crippen molar-refractivity contribution < 1.29 is 29.0 Å². The topological polar surface area (TPSA) is 100 Å². The number of hydrogen-bond acceptors (Lipinski definition) is 6. The smallest absolute Gasteiger partial charge is 0.294 e. The molecule has 0 aliphatic carbocycles. The van der Waals surface area contributed by atoms with Crippen molar-refractivity contribution in [2.75, 3.05) is 11.5 Å². The summed E-state index contributed by atoms with van der Waals surface area (Å²) in [6.45, 7) is 3.89. The Morgan fingerprint density at radius 1 is 1.11 bits per heavy atom. The molecule has 5 rings (SSSR count). The van der Waals surface area contributed by atoms with Crippen LogP contribution in [-0.4, -0.2) is 28.5 Å². The number of Topliss-reactive ketones (excluding diaryl/α,β-unsaturated/α-hetero) is 1. The molecule has 0 saturated carbocycles. The van der Waals surface area contributed by atoms with Crippen LogP contribution in [0, 0.1) is 6.92 Å².